The molecule has 136 valence electrons. The van der Waals surface area contributed by atoms with Gasteiger partial charge in [-0.3, -0.25) is 14.5 Å². The smallest absolute Gasteiger partial charge is 0.326 e. The van der Waals surface area contributed by atoms with Gasteiger partial charge in [0.1, 0.15) is 25.3 Å². The molecule has 25 heavy (non-hydrogen) atoms. The summed E-state index contributed by atoms with van der Waals surface area (Å²) in [7, 11) is 0. The number of ether oxygens (including phenoxy) is 2. The Labute approximate surface area is 155 Å². The van der Waals surface area contributed by atoms with Gasteiger partial charge < -0.3 is 14.8 Å². The van der Waals surface area contributed by atoms with E-state index in [0.29, 0.717) is 22.2 Å². The quantitative estimate of drug-likeness (QED) is 0.440. The Bertz CT molecular complexity index is 677. The Morgan fingerprint density at radius 3 is 2.44 bits per heavy atom. The van der Waals surface area contributed by atoms with Crippen LogP contribution >= 0.6 is 23.2 Å². The van der Waals surface area contributed by atoms with Gasteiger partial charge in [-0.05, 0) is 25.5 Å². The molecule has 3 amide bonds. The van der Waals surface area contributed by atoms with Gasteiger partial charge in [0.05, 0.1) is 10.0 Å². The molecule has 1 unspecified atom stereocenters. The Kier molecular flexibility index (Phi) is 6.13. The van der Waals surface area contributed by atoms with Gasteiger partial charge in [0.25, 0.3) is 5.91 Å². The minimum atomic E-state index is -0.985. The predicted octanol–water partition coefficient (Wildman–Crippen LogP) is 2.64. The number of amides is 3. The first kappa shape index (κ1) is 19.3. The number of carbonyl (C=O) groups is 3. The van der Waals surface area contributed by atoms with E-state index in [1.807, 2.05) is 0 Å². The number of halogens is 2. The Morgan fingerprint density at radius 2 is 1.88 bits per heavy atom. The number of nitrogens with one attached hydrogen (secondary N) is 1. The fourth-order valence-corrected chi connectivity index (χ4v) is 2.73. The molecule has 1 fully saturated rings. The molecule has 1 atom stereocenters. The first-order chi connectivity index (χ1) is 11.8. The normalized spacial score (nSPS) is 19.8. The molecule has 1 aliphatic heterocycles. The number of hydrogen-bond acceptors (Lipinski definition) is 5. The van der Waals surface area contributed by atoms with Crippen LogP contribution in [0.3, 0.4) is 0 Å². The van der Waals surface area contributed by atoms with Crippen molar-refractivity contribution in [2.45, 2.75) is 25.8 Å². The highest BCUT2D eigenvalue weighted by Gasteiger charge is 2.47. The fraction of sp³-hybridized carbons (Fsp3) is 0.438. The lowest BCUT2D eigenvalue weighted by atomic mass is 9.99. The highest BCUT2D eigenvalue weighted by Crippen LogP contribution is 2.32. The lowest BCUT2D eigenvalue weighted by molar-refractivity contribution is -0.148. The van der Waals surface area contributed by atoms with Crippen molar-refractivity contribution in [3.05, 3.63) is 28.2 Å². The number of nitrogens with zero attached hydrogens (tertiary/aromatic N) is 1. The van der Waals surface area contributed by atoms with Crippen LogP contribution in [0.1, 0.15) is 20.3 Å². The molecule has 1 N–H and O–H groups in total. The molecular formula is C16H18Cl2N2O5. The molecule has 0 spiro atoms. The highest BCUT2D eigenvalue weighted by molar-refractivity contribution is 6.37. The summed E-state index contributed by atoms with van der Waals surface area (Å²) in [5.41, 5.74) is -0.985. The van der Waals surface area contributed by atoms with Crippen molar-refractivity contribution in [2.24, 2.45) is 0 Å². The summed E-state index contributed by atoms with van der Waals surface area (Å²) in [6, 6.07) is 4.32. The van der Waals surface area contributed by atoms with Crippen LogP contribution in [0.4, 0.5) is 4.79 Å². The zero-order valence-corrected chi connectivity index (χ0v) is 15.3. The highest BCUT2D eigenvalue weighted by atomic mass is 35.5. The molecule has 1 aromatic rings. The lowest BCUT2D eigenvalue weighted by Crippen LogP contribution is -2.43. The van der Waals surface area contributed by atoms with E-state index in [1.165, 1.54) is 0 Å². The lowest BCUT2D eigenvalue weighted by Gasteiger charge is -2.18. The monoisotopic (exact) mass is 388 g/mol. The van der Waals surface area contributed by atoms with E-state index in [2.05, 4.69) is 5.32 Å². The molecule has 0 aromatic heterocycles. The van der Waals surface area contributed by atoms with Gasteiger partial charge in [-0.25, -0.2) is 4.79 Å². The number of imide groups is 1. The second kappa shape index (κ2) is 7.93. The second-order valence-electron chi connectivity index (χ2n) is 5.63. The van der Waals surface area contributed by atoms with Crippen LogP contribution in [-0.4, -0.2) is 48.1 Å². The average molecular weight is 389 g/mol. The van der Waals surface area contributed by atoms with Crippen LogP contribution in [0.2, 0.25) is 10.0 Å². The molecule has 1 saturated heterocycles. The fourth-order valence-electron chi connectivity index (χ4n) is 2.22. The molecule has 2 rings (SSSR count). The van der Waals surface area contributed by atoms with Gasteiger partial charge >= 0.3 is 12.0 Å². The Morgan fingerprint density at radius 1 is 1.24 bits per heavy atom. The van der Waals surface area contributed by atoms with Gasteiger partial charge in [-0.15, -0.1) is 0 Å². The van der Waals surface area contributed by atoms with E-state index in [4.69, 9.17) is 32.7 Å². The van der Waals surface area contributed by atoms with Crippen LogP contribution in [0.25, 0.3) is 0 Å². The van der Waals surface area contributed by atoms with Crippen LogP contribution in [-0.2, 0) is 14.3 Å². The third-order valence-electron chi connectivity index (χ3n) is 3.85. The van der Waals surface area contributed by atoms with Gasteiger partial charge in [-0.2, -0.15) is 0 Å². The molecule has 1 aliphatic rings. The third kappa shape index (κ3) is 4.35. The maximum Gasteiger partial charge on any atom is 0.326 e. The predicted molar refractivity (Wildman–Crippen MR) is 91.9 cm³/mol. The molecule has 1 aromatic carbocycles. The van der Waals surface area contributed by atoms with Crippen molar-refractivity contribution in [3.63, 3.8) is 0 Å². The molecule has 0 saturated carbocycles. The number of para-hydroxylation sites is 1. The Hall–Kier alpha value is -1.99. The minimum absolute atomic E-state index is 0.0298. The van der Waals surface area contributed by atoms with Crippen molar-refractivity contribution in [3.8, 4) is 5.75 Å². The van der Waals surface area contributed by atoms with E-state index in [9.17, 15) is 14.4 Å². The van der Waals surface area contributed by atoms with Crippen molar-refractivity contribution in [2.75, 3.05) is 19.8 Å². The molecule has 1 heterocycles. The maximum atomic E-state index is 12.2. The van der Waals surface area contributed by atoms with E-state index < -0.39 is 30.0 Å². The van der Waals surface area contributed by atoms with Gasteiger partial charge in [0.2, 0.25) is 0 Å². The van der Waals surface area contributed by atoms with Gasteiger partial charge in [-0.1, -0.05) is 36.2 Å². The number of rotatable bonds is 7. The Balaban J connectivity index is 1.80. The topological polar surface area (TPSA) is 84.9 Å². The van der Waals surface area contributed by atoms with E-state index in [-0.39, 0.29) is 13.2 Å². The molecule has 7 nitrogen and oxygen atoms in total. The van der Waals surface area contributed by atoms with E-state index >= 15 is 0 Å². The molecule has 0 radical (unpaired) electrons. The summed E-state index contributed by atoms with van der Waals surface area (Å²) in [5, 5.41) is 3.25. The van der Waals surface area contributed by atoms with Crippen LogP contribution in [0.5, 0.6) is 5.75 Å². The maximum absolute atomic E-state index is 12.2. The van der Waals surface area contributed by atoms with Crippen molar-refractivity contribution < 1.29 is 23.9 Å². The van der Waals surface area contributed by atoms with Crippen LogP contribution in [0.15, 0.2) is 18.2 Å². The first-order valence-corrected chi connectivity index (χ1v) is 8.40. The summed E-state index contributed by atoms with van der Waals surface area (Å²) < 4.78 is 10.4. The zero-order valence-electron chi connectivity index (χ0n) is 13.8. The number of benzene rings is 1. The van der Waals surface area contributed by atoms with Crippen molar-refractivity contribution in [1.29, 1.82) is 0 Å². The second-order valence-corrected chi connectivity index (χ2v) is 6.44. The zero-order chi connectivity index (χ0) is 18.6. The van der Waals surface area contributed by atoms with Crippen LogP contribution in [0, 0.1) is 0 Å². The number of esters is 1. The molecule has 9 heteroatoms. The molecule has 0 aliphatic carbocycles. The molecule has 0 bridgehead atoms. The summed E-state index contributed by atoms with van der Waals surface area (Å²) in [5.74, 6) is -0.858. The summed E-state index contributed by atoms with van der Waals surface area (Å²) >= 11 is 11.9. The average Bonchev–Trinajstić information content (AvgIpc) is 2.77. The van der Waals surface area contributed by atoms with Gasteiger partial charge in [0.15, 0.2) is 5.75 Å². The summed E-state index contributed by atoms with van der Waals surface area (Å²) in [6.45, 7) is 2.89. The van der Waals surface area contributed by atoms with Crippen molar-refractivity contribution in [1.82, 2.24) is 10.2 Å². The number of hydrogen-bond donors (Lipinski definition) is 1. The first-order valence-electron chi connectivity index (χ1n) is 7.65. The summed E-state index contributed by atoms with van der Waals surface area (Å²) in [4.78, 5) is 36.7. The van der Waals surface area contributed by atoms with Crippen molar-refractivity contribution >= 4 is 41.1 Å². The summed E-state index contributed by atoms with van der Waals surface area (Å²) in [6.07, 6.45) is 0.426. The molecular weight excluding hydrogens is 371 g/mol. The standard InChI is InChI=1S/C16H18Cl2N2O5/c1-3-16(2)14(22)20(15(23)19-16)9-12(21)24-7-8-25-13-10(17)5-4-6-11(13)18/h4-6H,3,7-9H2,1-2H3,(H,19,23). The largest absolute Gasteiger partial charge is 0.487 e. The van der Waals surface area contributed by atoms with Gasteiger partial charge in [0, 0.05) is 0 Å². The van der Waals surface area contributed by atoms with E-state index in [1.54, 1.807) is 32.0 Å². The van der Waals surface area contributed by atoms with E-state index in [0.717, 1.165) is 4.90 Å². The SMILES string of the molecule is CCC1(C)NC(=O)N(CC(=O)OCCOc2c(Cl)cccc2Cl)C1=O. The minimum Gasteiger partial charge on any atom is -0.487 e. The number of carbonyl (C=O) groups excluding carboxylic acids is 3. The van der Waals surface area contributed by atoms with Crippen LogP contribution < -0.4 is 10.1 Å². The number of urea groups is 1. The third-order valence-corrected chi connectivity index (χ3v) is 4.45.